The van der Waals surface area contributed by atoms with Crippen LogP contribution >= 0.6 is 0 Å². The lowest BCUT2D eigenvalue weighted by Crippen LogP contribution is -2.40. The van der Waals surface area contributed by atoms with Gasteiger partial charge in [0.05, 0.1) is 23.2 Å². The van der Waals surface area contributed by atoms with Crippen molar-refractivity contribution >= 4 is 31.6 Å². The third kappa shape index (κ3) is 6.28. The molecule has 1 atom stereocenters. The van der Waals surface area contributed by atoms with Crippen molar-refractivity contribution in [1.29, 1.82) is 0 Å². The van der Waals surface area contributed by atoms with Crippen molar-refractivity contribution in [1.82, 2.24) is 9.62 Å². The van der Waals surface area contributed by atoms with Crippen LogP contribution in [0.3, 0.4) is 0 Å². The van der Waals surface area contributed by atoms with Crippen LogP contribution in [-0.4, -0.2) is 47.4 Å². The summed E-state index contributed by atoms with van der Waals surface area (Å²) in [6.07, 6.45) is 1.13. The highest BCUT2D eigenvalue weighted by Gasteiger charge is 2.27. The largest absolute Gasteiger partial charge is 0.346 e. The van der Waals surface area contributed by atoms with Gasteiger partial charge in [0.2, 0.25) is 0 Å². The number of hydrogen-bond acceptors (Lipinski definition) is 5. The molecule has 0 aliphatic heterocycles. The van der Waals surface area contributed by atoms with E-state index in [1.54, 1.807) is 49.4 Å². The topological polar surface area (TPSA) is 104 Å². The van der Waals surface area contributed by atoms with E-state index in [2.05, 4.69) is 5.32 Å². The van der Waals surface area contributed by atoms with E-state index in [0.717, 1.165) is 20.4 Å². The number of amides is 1. The quantitative estimate of drug-likeness (QED) is 0.453. The first-order valence-corrected chi connectivity index (χ1v) is 14.2. The number of rotatable bonds is 9. The summed E-state index contributed by atoms with van der Waals surface area (Å²) in [5.74, 6) is -1.02. The zero-order chi connectivity index (χ0) is 26.7. The normalized spacial score (nSPS) is 12.8. The van der Waals surface area contributed by atoms with Gasteiger partial charge in [-0.1, -0.05) is 36.4 Å². The highest BCUT2D eigenvalue weighted by atomic mass is 32.2. The zero-order valence-electron chi connectivity index (χ0n) is 20.3. The second-order valence-corrected chi connectivity index (χ2v) is 12.6. The highest BCUT2D eigenvalue weighted by molar-refractivity contribution is 7.90. The lowest BCUT2D eigenvalue weighted by molar-refractivity contribution is 0.0940. The number of nitrogens with one attached hydrogen (secondary N) is 1. The number of halogens is 1. The van der Waals surface area contributed by atoms with Crippen LogP contribution in [0.2, 0.25) is 0 Å². The first-order valence-electron chi connectivity index (χ1n) is 10.9. The van der Waals surface area contributed by atoms with E-state index in [9.17, 15) is 26.0 Å². The molecule has 3 aromatic carbocycles. The lowest BCUT2D eigenvalue weighted by atomic mass is 10.1. The molecule has 36 heavy (non-hydrogen) atoms. The van der Waals surface area contributed by atoms with Crippen molar-refractivity contribution in [2.75, 3.05) is 24.7 Å². The second-order valence-electron chi connectivity index (χ2n) is 8.48. The van der Waals surface area contributed by atoms with Crippen molar-refractivity contribution in [3.63, 3.8) is 0 Å². The molecule has 192 valence electrons. The minimum Gasteiger partial charge on any atom is -0.346 e. The molecule has 0 bridgehead atoms. The van der Waals surface area contributed by atoms with Crippen molar-refractivity contribution in [3.8, 4) is 0 Å². The van der Waals surface area contributed by atoms with Gasteiger partial charge in [-0.2, -0.15) is 12.7 Å². The fourth-order valence-electron chi connectivity index (χ4n) is 3.44. The third-order valence-corrected chi connectivity index (χ3v) is 8.49. The van der Waals surface area contributed by atoms with Gasteiger partial charge >= 0.3 is 10.2 Å². The summed E-state index contributed by atoms with van der Waals surface area (Å²) in [7, 11) is -4.56. The molecule has 0 saturated carbocycles. The molecular formula is C25H28FN3O5S2. The predicted molar refractivity (Wildman–Crippen MR) is 137 cm³/mol. The van der Waals surface area contributed by atoms with E-state index in [1.165, 1.54) is 44.4 Å². The average molecular weight is 534 g/mol. The van der Waals surface area contributed by atoms with Crippen LogP contribution in [0.15, 0.2) is 77.7 Å². The van der Waals surface area contributed by atoms with Crippen LogP contribution in [0.1, 0.15) is 34.5 Å². The summed E-state index contributed by atoms with van der Waals surface area (Å²) in [4.78, 5) is 12.9. The number of nitrogens with zero attached hydrogens (tertiary/aromatic N) is 2. The van der Waals surface area contributed by atoms with Gasteiger partial charge in [-0.25, -0.2) is 12.8 Å². The van der Waals surface area contributed by atoms with Gasteiger partial charge in [0, 0.05) is 25.9 Å². The Bertz CT molecular complexity index is 1440. The molecule has 1 N–H and O–H groups in total. The van der Waals surface area contributed by atoms with Crippen LogP contribution in [-0.2, 0) is 26.6 Å². The highest BCUT2D eigenvalue weighted by Crippen LogP contribution is 2.25. The second kappa shape index (κ2) is 10.8. The Balaban J connectivity index is 1.76. The maximum absolute atomic E-state index is 14.4. The SMILES string of the molecule is C[C@H](NC(=O)c1ccc(CN(c2ccccc2F)S(=O)(=O)N(C)C)cc1)c1ccc(S(C)(=O)=O)cc1. The summed E-state index contributed by atoms with van der Waals surface area (Å²) in [5, 5.41) is 2.85. The van der Waals surface area contributed by atoms with Gasteiger partial charge in [-0.3, -0.25) is 9.10 Å². The summed E-state index contributed by atoms with van der Waals surface area (Å²) in [6, 6.07) is 17.9. The van der Waals surface area contributed by atoms with E-state index in [1.807, 2.05) is 0 Å². The zero-order valence-corrected chi connectivity index (χ0v) is 22.0. The Morgan fingerprint density at radius 1 is 0.917 bits per heavy atom. The van der Waals surface area contributed by atoms with Crippen LogP contribution < -0.4 is 9.62 Å². The van der Waals surface area contributed by atoms with Crippen LogP contribution in [0.5, 0.6) is 0 Å². The molecule has 0 radical (unpaired) electrons. The number of sulfone groups is 1. The van der Waals surface area contributed by atoms with Crippen LogP contribution in [0.25, 0.3) is 0 Å². The van der Waals surface area contributed by atoms with E-state index >= 15 is 0 Å². The standard InChI is InChI=1S/C25H28FN3O5S2/c1-18(20-13-15-22(16-14-20)35(4,31)32)27-25(30)21-11-9-19(10-12-21)17-29(36(33,34)28(2)3)24-8-6-5-7-23(24)26/h5-16,18H,17H2,1-4H3,(H,27,30)/t18-/m0/s1. The van der Waals surface area contributed by atoms with Gasteiger partial charge in [0.25, 0.3) is 5.91 Å². The first-order chi connectivity index (χ1) is 16.8. The molecule has 0 aliphatic rings. The molecule has 8 nitrogen and oxygen atoms in total. The Kier molecular flexibility index (Phi) is 8.17. The molecule has 3 aromatic rings. The van der Waals surface area contributed by atoms with E-state index in [4.69, 9.17) is 0 Å². The molecule has 11 heteroatoms. The van der Waals surface area contributed by atoms with Gasteiger partial charge in [0.1, 0.15) is 5.82 Å². The minimum absolute atomic E-state index is 0.0799. The number of carbonyl (C=O) groups excluding carboxylic acids is 1. The van der Waals surface area contributed by atoms with E-state index in [-0.39, 0.29) is 29.1 Å². The smallest absolute Gasteiger partial charge is 0.303 e. The summed E-state index contributed by atoms with van der Waals surface area (Å²) < 4.78 is 65.4. The minimum atomic E-state index is -3.99. The Labute approximate surface area is 211 Å². The lowest BCUT2D eigenvalue weighted by Gasteiger charge is -2.27. The third-order valence-electron chi connectivity index (χ3n) is 5.56. The van der Waals surface area contributed by atoms with Gasteiger partial charge in [-0.15, -0.1) is 0 Å². The molecule has 3 rings (SSSR count). The van der Waals surface area contributed by atoms with Crippen molar-refractivity contribution < 1.29 is 26.0 Å². The number of benzene rings is 3. The molecule has 0 aromatic heterocycles. The fraction of sp³-hybridized carbons (Fsp3) is 0.240. The van der Waals surface area contributed by atoms with Crippen molar-refractivity contribution in [2.45, 2.75) is 24.4 Å². The Hall–Kier alpha value is -3.28. The molecule has 0 heterocycles. The first kappa shape index (κ1) is 27.3. The Morgan fingerprint density at radius 2 is 1.50 bits per heavy atom. The average Bonchev–Trinajstić information content (AvgIpc) is 2.82. The van der Waals surface area contributed by atoms with Crippen molar-refractivity contribution in [2.24, 2.45) is 0 Å². The molecule has 0 saturated heterocycles. The summed E-state index contributed by atoms with van der Waals surface area (Å²) >= 11 is 0. The number of para-hydroxylation sites is 1. The molecule has 0 spiro atoms. The predicted octanol–water partition coefficient (Wildman–Crippen LogP) is 3.53. The Morgan fingerprint density at radius 3 is 2.03 bits per heavy atom. The van der Waals surface area contributed by atoms with Crippen LogP contribution in [0.4, 0.5) is 10.1 Å². The number of carbonyl (C=O) groups is 1. The molecular weight excluding hydrogens is 505 g/mol. The maximum Gasteiger partial charge on any atom is 0.303 e. The van der Waals surface area contributed by atoms with Gasteiger partial charge < -0.3 is 5.32 Å². The maximum atomic E-state index is 14.4. The van der Waals surface area contributed by atoms with E-state index in [0.29, 0.717) is 11.1 Å². The van der Waals surface area contributed by atoms with E-state index < -0.39 is 25.9 Å². The van der Waals surface area contributed by atoms with Gasteiger partial charge in [-0.05, 0) is 54.4 Å². The number of anilines is 1. The number of hydrogen-bond donors (Lipinski definition) is 1. The molecule has 0 fully saturated rings. The van der Waals surface area contributed by atoms with Crippen molar-refractivity contribution in [3.05, 3.63) is 95.3 Å². The summed E-state index contributed by atoms with van der Waals surface area (Å²) in [5.41, 5.74) is 1.57. The van der Waals surface area contributed by atoms with Gasteiger partial charge in [0.15, 0.2) is 9.84 Å². The van der Waals surface area contributed by atoms with Crippen LogP contribution in [0, 0.1) is 5.82 Å². The molecule has 0 aliphatic carbocycles. The summed E-state index contributed by atoms with van der Waals surface area (Å²) in [6.45, 7) is 1.65. The monoisotopic (exact) mass is 533 g/mol. The molecule has 1 amide bonds. The molecule has 0 unspecified atom stereocenters. The fourth-order valence-corrected chi connectivity index (χ4v) is 5.17.